The fourth-order valence-electron chi connectivity index (χ4n) is 7.41. The lowest BCUT2D eigenvalue weighted by molar-refractivity contribution is -0.366. The van der Waals surface area contributed by atoms with Crippen LogP contribution in [0, 0.1) is 5.41 Å². The van der Waals surface area contributed by atoms with E-state index in [0.29, 0.717) is 17.2 Å². The third-order valence-electron chi connectivity index (χ3n) is 10.3. The zero-order valence-electron chi connectivity index (χ0n) is 30.4. The normalized spacial score (nSPS) is 33.6. The van der Waals surface area contributed by atoms with E-state index in [9.17, 15) is 29.7 Å². The molecule has 3 aliphatic rings. The van der Waals surface area contributed by atoms with Gasteiger partial charge in [0.25, 0.3) is 0 Å². The molecule has 0 spiro atoms. The quantitative estimate of drug-likeness (QED) is 0.0600. The number of aliphatic hydroxyl groups is 3. The predicted octanol–water partition coefficient (Wildman–Crippen LogP) is 3.46. The molecule has 3 amide bonds. The summed E-state index contributed by atoms with van der Waals surface area (Å²) >= 11 is 1.84. The highest BCUT2D eigenvalue weighted by Crippen LogP contribution is 2.54. The van der Waals surface area contributed by atoms with Crippen LogP contribution in [0.15, 0.2) is 11.8 Å². The summed E-state index contributed by atoms with van der Waals surface area (Å²) in [6.45, 7) is 16.6. The molecule has 3 heterocycles. The number of carbonyl (C=O) groups is 3. The Morgan fingerprint density at radius 1 is 1.15 bits per heavy atom. The van der Waals surface area contributed by atoms with Gasteiger partial charge in [0.2, 0.25) is 11.7 Å². The SMILES string of the molecule is CC(=O)N[C@@H](/C(C)=C/O)[C@@](C)(COCC1(C)C(C)(C)OC(C)(OC(=O)CCCCC2SC[C@@H]3NC(=O)N[C@H]23)C[C@@]1(C)O)OC(C)(C)CO. The van der Waals surface area contributed by atoms with Crippen LogP contribution in [0.1, 0.15) is 101 Å². The van der Waals surface area contributed by atoms with Crippen molar-refractivity contribution in [3.8, 4) is 0 Å². The maximum absolute atomic E-state index is 13.0. The highest BCUT2D eigenvalue weighted by molar-refractivity contribution is 8.00. The lowest BCUT2D eigenvalue weighted by atomic mass is 9.60. The van der Waals surface area contributed by atoms with Crippen molar-refractivity contribution in [1.82, 2.24) is 16.0 Å². The predicted molar refractivity (Wildman–Crippen MR) is 182 cm³/mol. The van der Waals surface area contributed by atoms with Crippen LogP contribution in [0.5, 0.6) is 0 Å². The maximum Gasteiger partial charge on any atom is 0.315 e. The Hall–Kier alpha value is -2.10. The summed E-state index contributed by atoms with van der Waals surface area (Å²) in [5, 5.41) is 40.8. The summed E-state index contributed by atoms with van der Waals surface area (Å²) in [4.78, 5) is 36.8. The molecule has 0 saturated carbocycles. The molecule has 0 radical (unpaired) electrons. The van der Waals surface area contributed by atoms with Gasteiger partial charge in [-0.05, 0) is 66.9 Å². The molecule has 3 saturated heterocycles. The highest BCUT2D eigenvalue weighted by Gasteiger charge is 2.63. The first-order valence-electron chi connectivity index (χ1n) is 16.8. The number of urea groups is 1. The number of fused-ring (bicyclic) bond motifs is 1. The second kappa shape index (κ2) is 15.0. The molecule has 6 N–H and O–H groups in total. The molecule has 48 heavy (non-hydrogen) atoms. The number of esters is 1. The molecule has 3 unspecified atom stereocenters. The van der Waals surface area contributed by atoms with E-state index in [1.807, 2.05) is 32.5 Å². The van der Waals surface area contributed by atoms with Crippen molar-refractivity contribution in [1.29, 1.82) is 0 Å². The molecule has 14 heteroatoms. The lowest BCUT2D eigenvalue weighted by Gasteiger charge is -2.60. The fourth-order valence-corrected chi connectivity index (χ4v) is 8.96. The van der Waals surface area contributed by atoms with Gasteiger partial charge in [-0.2, -0.15) is 11.8 Å². The second-order valence-electron chi connectivity index (χ2n) is 15.7. The number of thioether (sulfide) groups is 1. The van der Waals surface area contributed by atoms with Crippen LogP contribution >= 0.6 is 11.8 Å². The molecular weight excluding hydrogens is 642 g/mol. The number of unbranched alkanes of at least 4 members (excludes halogenated alkanes) is 1. The van der Waals surface area contributed by atoms with Crippen molar-refractivity contribution in [2.45, 2.75) is 153 Å². The summed E-state index contributed by atoms with van der Waals surface area (Å²) < 4.78 is 25.0. The average Bonchev–Trinajstić information content (AvgIpc) is 3.50. The van der Waals surface area contributed by atoms with Crippen LogP contribution in [0.4, 0.5) is 4.79 Å². The highest BCUT2D eigenvalue weighted by atomic mass is 32.2. The van der Waals surface area contributed by atoms with Crippen molar-refractivity contribution in [3.63, 3.8) is 0 Å². The third-order valence-corrected chi connectivity index (χ3v) is 11.8. The van der Waals surface area contributed by atoms with Crippen molar-refractivity contribution in [3.05, 3.63) is 11.8 Å². The average molecular weight is 702 g/mol. The first kappa shape index (κ1) is 40.3. The van der Waals surface area contributed by atoms with Gasteiger partial charge in [-0.1, -0.05) is 13.3 Å². The number of aliphatic hydroxyl groups excluding tert-OH is 2. The molecular formula is C34H59N3O10S. The van der Waals surface area contributed by atoms with Gasteiger partial charge in [0.05, 0.1) is 61.0 Å². The van der Waals surface area contributed by atoms with E-state index in [1.54, 1.807) is 41.5 Å². The van der Waals surface area contributed by atoms with E-state index in [4.69, 9.17) is 18.9 Å². The summed E-state index contributed by atoms with van der Waals surface area (Å²) in [5.41, 5.74) is -5.30. The van der Waals surface area contributed by atoms with E-state index in [-0.39, 0.29) is 56.7 Å². The first-order chi connectivity index (χ1) is 22.0. The van der Waals surface area contributed by atoms with Crippen LogP contribution < -0.4 is 16.0 Å². The van der Waals surface area contributed by atoms with Crippen molar-refractivity contribution >= 4 is 29.7 Å². The van der Waals surface area contributed by atoms with E-state index in [2.05, 4.69) is 16.0 Å². The zero-order chi connectivity index (χ0) is 36.3. The van der Waals surface area contributed by atoms with Crippen LogP contribution in [0.2, 0.25) is 0 Å². The Morgan fingerprint density at radius 3 is 2.40 bits per heavy atom. The van der Waals surface area contributed by atoms with Gasteiger partial charge in [-0.25, -0.2) is 4.79 Å². The molecule has 3 fully saturated rings. The smallest absolute Gasteiger partial charge is 0.315 e. The van der Waals surface area contributed by atoms with Gasteiger partial charge in [-0.15, -0.1) is 0 Å². The Morgan fingerprint density at radius 2 is 1.81 bits per heavy atom. The summed E-state index contributed by atoms with van der Waals surface area (Å²) in [6, 6.07) is -0.623. The Kier molecular flexibility index (Phi) is 12.6. The Bertz CT molecular complexity index is 1190. The molecule has 0 aromatic heterocycles. The number of rotatable bonds is 16. The molecule has 276 valence electrons. The molecule has 3 rings (SSSR count). The second-order valence-corrected chi connectivity index (χ2v) is 17.0. The largest absolute Gasteiger partial charge is 0.516 e. The number of nitrogens with one attached hydrogen (secondary N) is 3. The molecule has 3 aliphatic heterocycles. The minimum absolute atomic E-state index is 0.00120. The van der Waals surface area contributed by atoms with Crippen LogP contribution in [-0.2, 0) is 28.5 Å². The summed E-state index contributed by atoms with van der Waals surface area (Å²) in [7, 11) is 0. The maximum atomic E-state index is 13.0. The van der Waals surface area contributed by atoms with Gasteiger partial charge >= 0.3 is 12.0 Å². The topological polar surface area (TPSA) is 185 Å². The van der Waals surface area contributed by atoms with Gasteiger partial charge < -0.3 is 50.2 Å². The number of hydrogen-bond donors (Lipinski definition) is 6. The Balaban J connectivity index is 1.64. The van der Waals surface area contributed by atoms with Crippen LogP contribution in [0.3, 0.4) is 0 Å². The zero-order valence-corrected chi connectivity index (χ0v) is 31.2. The Labute approximate surface area is 289 Å². The van der Waals surface area contributed by atoms with Crippen molar-refractivity contribution < 1.29 is 48.7 Å². The van der Waals surface area contributed by atoms with Gasteiger partial charge in [-0.3, -0.25) is 9.59 Å². The minimum Gasteiger partial charge on any atom is -0.516 e. The number of amides is 3. The van der Waals surface area contributed by atoms with E-state index >= 15 is 0 Å². The summed E-state index contributed by atoms with van der Waals surface area (Å²) in [6.07, 6.45) is 3.44. The monoisotopic (exact) mass is 701 g/mol. The van der Waals surface area contributed by atoms with Gasteiger partial charge in [0.1, 0.15) is 5.60 Å². The molecule has 13 nitrogen and oxygen atoms in total. The van der Waals surface area contributed by atoms with Crippen LogP contribution in [-0.4, -0.2) is 110 Å². The molecule has 8 atom stereocenters. The van der Waals surface area contributed by atoms with Crippen molar-refractivity contribution in [2.24, 2.45) is 5.41 Å². The van der Waals surface area contributed by atoms with E-state index in [0.717, 1.165) is 24.9 Å². The standard InChI is InChI=1S/C34H59N3O10S/c1-21(15-38)27(35-22(2)40)31(7,46-29(3,4)18-39)19-44-20-32(8)30(5,6)47-34(10,17-33(32,9)43)45-25(41)14-12-11-13-24-26-23(16-48-24)36-28(42)37-26/h15,23-24,26-27,38-39,43H,11-14,16-20H2,1-10H3,(H,35,40)(H2,36,37,42)/b21-15+/t23-,24?,26-,27-,31+,32?,33+,34?/m0/s1. The molecule has 0 aliphatic carbocycles. The lowest BCUT2D eigenvalue weighted by Crippen LogP contribution is -2.69. The molecule has 0 aromatic rings. The van der Waals surface area contributed by atoms with E-state index < -0.39 is 45.6 Å². The minimum atomic E-state index is -1.42. The number of ether oxygens (including phenoxy) is 4. The van der Waals surface area contributed by atoms with E-state index in [1.165, 1.54) is 6.92 Å². The van der Waals surface area contributed by atoms with Gasteiger partial charge in [0.15, 0.2) is 0 Å². The molecule has 0 aromatic carbocycles. The van der Waals surface area contributed by atoms with Gasteiger partial charge in [0, 0.05) is 43.1 Å². The first-order valence-corrected chi connectivity index (χ1v) is 17.9. The fraction of sp³-hybridized carbons (Fsp3) is 0.853. The number of carbonyl (C=O) groups excluding carboxylic acids is 3. The molecule has 0 bridgehead atoms. The number of hydrogen-bond acceptors (Lipinski definition) is 11. The summed E-state index contributed by atoms with van der Waals surface area (Å²) in [5.74, 6) is -1.25. The third kappa shape index (κ3) is 9.16. The van der Waals surface area contributed by atoms with Crippen LogP contribution in [0.25, 0.3) is 0 Å². The van der Waals surface area contributed by atoms with Crippen molar-refractivity contribution in [2.75, 3.05) is 25.6 Å².